The lowest BCUT2D eigenvalue weighted by molar-refractivity contribution is 0.0737. The van der Waals surface area contributed by atoms with Gasteiger partial charge in [-0.25, -0.2) is 13.4 Å². The first-order chi connectivity index (χ1) is 10.6. The minimum atomic E-state index is -3.55. The number of hydrogen-bond donors (Lipinski definition) is 1. The van der Waals surface area contributed by atoms with Gasteiger partial charge in [0.1, 0.15) is 0 Å². The van der Waals surface area contributed by atoms with E-state index in [1.54, 1.807) is 31.4 Å². The van der Waals surface area contributed by atoms with E-state index in [1.807, 2.05) is 13.8 Å². The maximum absolute atomic E-state index is 12.7. The van der Waals surface area contributed by atoms with Crippen molar-refractivity contribution in [1.82, 2.24) is 14.3 Å². The summed E-state index contributed by atoms with van der Waals surface area (Å²) in [5.74, 6) is -0.329. The number of aromatic nitrogens is 2. The van der Waals surface area contributed by atoms with Gasteiger partial charge in [0.15, 0.2) is 5.69 Å². The molecule has 0 aliphatic carbocycles. The molecule has 0 radical (unpaired) electrons. The van der Waals surface area contributed by atoms with Gasteiger partial charge in [-0.1, -0.05) is 19.9 Å². The molecule has 0 atom stereocenters. The summed E-state index contributed by atoms with van der Waals surface area (Å²) in [6.45, 7) is 4.81. The number of nitrogens with zero attached hydrogens (tertiary/aromatic N) is 3. The number of nitrogens with two attached hydrogens (primary N) is 1. The lowest BCUT2D eigenvalue weighted by atomic mass is 9.93. The number of rotatable bonds is 5. The predicted octanol–water partition coefficient (Wildman–Crippen LogP) is 1.22. The van der Waals surface area contributed by atoms with Crippen LogP contribution in [0, 0.1) is 5.41 Å². The fourth-order valence-electron chi connectivity index (χ4n) is 2.39. The lowest BCUT2D eigenvalue weighted by Gasteiger charge is -2.28. The molecule has 0 unspecified atom stereocenters. The van der Waals surface area contributed by atoms with Crippen LogP contribution in [-0.4, -0.2) is 55.0 Å². The topological polar surface area (TPSA) is 97.8 Å². The van der Waals surface area contributed by atoms with Gasteiger partial charge < -0.3 is 10.6 Å². The molecule has 2 aromatic heterocycles. The zero-order valence-corrected chi connectivity index (χ0v) is 15.8. The quantitative estimate of drug-likeness (QED) is 0.848. The summed E-state index contributed by atoms with van der Waals surface area (Å²) >= 11 is 0. The molecule has 7 nitrogen and oxygen atoms in total. The first-order valence-electron chi connectivity index (χ1n) is 7.19. The van der Waals surface area contributed by atoms with Crippen LogP contribution in [0.2, 0.25) is 0 Å². The van der Waals surface area contributed by atoms with Crippen LogP contribution < -0.4 is 5.73 Å². The smallest absolute Gasteiger partial charge is 0.274 e. The molecule has 2 aromatic rings. The van der Waals surface area contributed by atoms with E-state index in [1.165, 1.54) is 9.30 Å². The van der Waals surface area contributed by atoms with Crippen molar-refractivity contribution < 1.29 is 13.2 Å². The fourth-order valence-corrected chi connectivity index (χ4v) is 3.16. The van der Waals surface area contributed by atoms with Gasteiger partial charge in [0.2, 0.25) is 15.0 Å². The minimum absolute atomic E-state index is 0. The summed E-state index contributed by atoms with van der Waals surface area (Å²) in [5.41, 5.74) is 6.07. The van der Waals surface area contributed by atoms with Crippen molar-refractivity contribution in [3.8, 4) is 0 Å². The first-order valence-corrected chi connectivity index (χ1v) is 9.08. The Balaban J connectivity index is 0.00000288. The minimum Gasteiger partial charge on any atom is -0.340 e. The number of pyridine rings is 1. The number of carbonyl (C=O) groups excluding carboxylic acids is 1. The van der Waals surface area contributed by atoms with Gasteiger partial charge >= 0.3 is 0 Å². The van der Waals surface area contributed by atoms with Crippen molar-refractivity contribution in [1.29, 1.82) is 0 Å². The van der Waals surface area contributed by atoms with Crippen molar-refractivity contribution in [2.24, 2.45) is 11.1 Å². The SMILES string of the molecule is CN(CC(C)(C)CN)C(=O)c1nc(S(C)(=O)=O)n2ccccc12.Cl. The molecular weight excluding hydrogens is 352 g/mol. The Kier molecular flexibility index (Phi) is 6.02. The molecule has 0 aliphatic rings. The highest BCUT2D eigenvalue weighted by atomic mass is 35.5. The number of sulfone groups is 1. The Morgan fingerprint density at radius 1 is 1.38 bits per heavy atom. The van der Waals surface area contributed by atoms with Gasteiger partial charge in [0.05, 0.1) is 5.52 Å². The van der Waals surface area contributed by atoms with Crippen molar-refractivity contribution in [2.45, 2.75) is 19.0 Å². The van der Waals surface area contributed by atoms with Crippen LogP contribution in [0.15, 0.2) is 29.6 Å². The van der Waals surface area contributed by atoms with Crippen LogP contribution in [0.25, 0.3) is 5.52 Å². The highest BCUT2D eigenvalue weighted by Gasteiger charge is 2.27. The number of halogens is 1. The average Bonchev–Trinajstić information content (AvgIpc) is 2.85. The Bertz CT molecular complexity index is 846. The maximum atomic E-state index is 12.7. The van der Waals surface area contributed by atoms with Crippen molar-refractivity contribution in [3.05, 3.63) is 30.1 Å². The molecule has 0 saturated carbocycles. The molecule has 0 spiro atoms. The third-order valence-corrected chi connectivity index (χ3v) is 4.57. The van der Waals surface area contributed by atoms with Crippen molar-refractivity contribution in [3.63, 3.8) is 0 Å². The second kappa shape index (κ2) is 7.08. The third kappa shape index (κ3) is 4.06. The van der Waals surface area contributed by atoms with Crippen LogP contribution in [0.5, 0.6) is 0 Å². The number of carbonyl (C=O) groups is 1. The van der Waals surface area contributed by atoms with Gasteiger partial charge in [0.25, 0.3) is 5.91 Å². The first kappa shape index (κ1) is 20.4. The molecule has 2 N–H and O–H groups in total. The van der Waals surface area contributed by atoms with Crippen LogP contribution in [0.3, 0.4) is 0 Å². The van der Waals surface area contributed by atoms with E-state index < -0.39 is 9.84 Å². The normalized spacial score (nSPS) is 12.0. The summed E-state index contributed by atoms with van der Waals surface area (Å²) in [6, 6.07) is 5.11. The summed E-state index contributed by atoms with van der Waals surface area (Å²) in [4.78, 5) is 18.3. The summed E-state index contributed by atoms with van der Waals surface area (Å²) in [5, 5.41) is -0.136. The van der Waals surface area contributed by atoms with Gasteiger partial charge in [-0.05, 0) is 24.1 Å². The second-order valence-electron chi connectivity index (χ2n) is 6.50. The fraction of sp³-hybridized carbons (Fsp3) is 0.467. The molecule has 0 saturated heterocycles. The van der Waals surface area contributed by atoms with Gasteiger partial charge in [-0.15, -0.1) is 12.4 Å². The molecule has 2 rings (SSSR count). The van der Waals surface area contributed by atoms with Crippen LogP contribution in [0.4, 0.5) is 0 Å². The zero-order valence-electron chi connectivity index (χ0n) is 14.2. The van der Waals surface area contributed by atoms with Crippen LogP contribution in [0.1, 0.15) is 24.3 Å². The second-order valence-corrected chi connectivity index (χ2v) is 8.41. The van der Waals surface area contributed by atoms with Gasteiger partial charge in [-0.3, -0.25) is 9.20 Å². The molecule has 0 fully saturated rings. The summed E-state index contributed by atoms with van der Waals surface area (Å²) in [7, 11) is -1.89. The monoisotopic (exact) mass is 374 g/mol. The van der Waals surface area contributed by atoms with Crippen molar-refractivity contribution >= 4 is 33.7 Å². The summed E-state index contributed by atoms with van der Waals surface area (Å²) in [6.07, 6.45) is 2.66. The lowest BCUT2D eigenvalue weighted by Crippen LogP contribution is -2.40. The Labute approximate surface area is 148 Å². The standard InChI is InChI=1S/C15H22N4O3S.ClH/c1-15(2,9-16)10-18(3)13(20)12-11-7-5-6-8-19(11)14(17-12)23(4,21)22;/h5-8H,9-10,16H2,1-4H3;1H. The predicted molar refractivity (Wildman–Crippen MR) is 95.3 cm³/mol. The highest BCUT2D eigenvalue weighted by Crippen LogP contribution is 2.20. The molecule has 0 aliphatic heterocycles. The van der Waals surface area contributed by atoms with Crippen molar-refractivity contribution in [2.75, 3.05) is 26.4 Å². The maximum Gasteiger partial charge on any atom is 0.274 e. The Morgan fingerprint density at radius 3 is 2.54 bits per heavy atom. The molecule has 0 aromatic carbocycles. The Hall–Kier alpha value is -1.64. The number of imidazole rings is 1. The van der Waals surface area contributed by atoms with E-state index >= 15 is 0 Å². The van der Waals surface area contributed by atoms with Gasteiger partial charge in [-0.2, -0.15) is 0 Å². The molecule has 1 amide bonds. The number of hydrogen-bond acceptors (Lipinski definition) is 5. The number of fused-ring (bicyclic) bond motifs is 1. The third-order valence-electron chi connectivity index (χ3n) is 3.61. The average molecular weight is 375 g/mol. The molecule has 2 heterocycles. The Morgan fingerprint density at radius 2 is 2.00 bits per heavy atom. The molecule has 0 bridgehead atoms. The summed E-state index contributed by atoms with van der Waals surface area (Å²) < 4.78 is 25.2. The highest BCUT2D eigenvalue weighted by molar-refractivity contribution is 7.90. The van der Waals surface area contributed by atoms with Gasteiger partial charge in [0, 0.05) is 26.0 Å². The molecule has 134 valence electrons. The molecule has 9 heteroatoms. The van der Waals surface area contributed by atoms with E-state index in [0.29, 0.717) is 18.6 Å². The van der Waals surface area contributed by atoms with Crippen LogP contribution >= 0.6 is 12.4 Å². The zero-order chi connectivity index (χ0) is 17.4. The van der Waals surface area contributed by atoms with E-state index in [9.17, 15) is 13.2 Å². The van der Waals surface area contributed by atoms with E-state index in [2.05, 4.69) is 4.98 Å². The van der Waals surface area contributed by atoms with E-state index in [4.69, 9.17) is 5.73 Å². The molecular formula is C15H23ClN4O3S. The van der Waals surface area contributed by atoms with Crippen LogP contribution in [-0.2, 0) is 9.84 Å². The van der Waals surface area contributed by atoms with E-state index in [0.717, 1.165) is 6.26 Å². The van der Waals surface area contributed by atoms with E-state index in [-0.39, 0.29) is 34.6 Å². The number of amides is 1. The molecule has 24 heavy (non-hydrogen) atoms. The largest absolute Gasteiger partial charge is 0.340 e.